The molecule has 0 fully saturated rings. The van der Waals surface area contributed by atoms with E-state index in [2.05, 4.69) is 35.1 Å². The second-order valence-corrected chi connectivity index (χ2v) is 9.62. The van der Waals surface area contributed by atoms with E-state index in [1.54, 1.807) is 18.2 Å². The summed E-state index contributed by atoms with van der Waals surface area (Å²) in [6, 6.07) is 20.3. The van der Waals surface area contributed by atoms with Crippen molar-refractivity contribution in [3.8, 4) is 23.0 Å². The molecule has 0 N–H and O–H groups in total. The molecule has 0 saturated heterocycles. The van der Waals surface area contributed by atoms with Crippen molar-refractivity contribution in [2.75, 3.05) is 0 Å². The van der Waals surface area contributed by atoms with Gasteiger partial charge in [0.15, 0.2) is 15.2 Å². The van der Waals surface area contributed by atoms with E-state index in [0.717, 1.165) is 17.0 Å². The molecule has 34 heavy (non-hydrogen) atoms. The van der Waals surface area contributed by atoms with Gasteiger partial charge in [0.2, 0.25) is 0 Å². The first-order valence-corrected chi connectivity index (χ1v) is 11.6. The van der Waals surface area contributed by atoms with Gasteiger partial charge in [0.25, 0.3) is 0 Å². The number of alkyl halides is 3. The summed E-state index contributed by atoms with van der Waals surface area (Å²) in [5.74, 6) is 1.42. The van der Waals surface area contributed by atoms with E-state index in [4.69, 9.17) is 11.2 Å². The molecule has 0 bridgehead atoms. The highest BCUT2D eigenvalue weighted by Crippen LogP contribution is 2.42. The average molecular weight is 482 g/mol. The Morgan fingerprint density at radius 3 is 2.38 bits per heavy atom. The van der Waals surface area contributed by atoms with Crippen LogP contribution in [0, 0.1) is 19.3 Å². The highest BCUT2D eigenvalue weighted by molar-refractivity contribution is 7.43. The third-order valence-electron chi connectivity index (χ3n) is 5.38. The van der Waals surface area contributed by atoms with Crippen molar-refractivity contribution in [1.82, 2.24) is 0 Å². The van der Waals surface area contributed by atoms with Gasteiger partial charge < -0.3 is 9.47 Å². The average Bonchev–Trinajstić information content (AvgIpc) is 3.15. The van der Waals surface area contributed by atoms with Gasteiger partial charge in [0, 0.05) is 33.0 Å². The molecule has 0 amide bonds. The van der Waals surface area contributed by atoms with Gasteiger partial charge in [-0.15, -0.1) is 19.6 Å². The van der Waals surface area contributed by atoms with Crippen molar-refractivity contribution in [3.05, 3.63) is 94.9 Å². The third kappa shape index (κ3) is 4.78. The molecule has 0 radical (unpaired) electrons. The maximum atomic E-state index is 13.0. The maximum Gasteiger partial charge on any atom is 0.573 e. The molecular weight excluding hydrogens is 461 g/mol. The zero-order valence-corrected chi connectivity index (χ0v) is 19.2. The van der Waals surface area contributed by atoms with Crippen LogP contribution in [0.25, 0.3) is 15.0 Å². The largest absolute Gasteiger partial charge is 0.573 e. The van der Waals surface area contributed by atoms with Crippen molar-refractivity contribution in [2.45, 2.75) is 25.8 Å². The predicted molar refractivity (Wildman–Crippen MR) is 127 cm³/mol. The van der Waals surface area contributed by atoms with E-state index in [-0.39, 0.29) is 10.5 Å². The Morgan fingerprint density at radius 1 is 1.00 bits per heavy atom. The monoisotopic (exact) mass is 481 g/mol. The summed E-state index contributed by atoms with van der Waals surface area (Å²) < 4.78 is 48.0. The lowest BCUT2D eigenvalue weighted by Gasteiger charge is -2.24. The van der Waals surface area contributed by atoms with Gasteiger partial charge in [-0.25, -0.2) is 4.79 Å². The van der Waals surface area contributed by atoms with Crippen LogP contribution in [-0.4, -0.2) is 12.3 Å². The van der Waals surface area contributed by atoms with Gasteiger partial charge in [0.1, 0.15) is 11.1 Å². The Morgan fingerprint density at radius 2 is 1.71 bits per heavy atom. The van der Waals surface area contributed by atoms with Gasteiger partial charge in [-0.1, -0.05) is 36.3 Å². The van der Waals surface area contributed by atoms with Crippen molar-refractivity contribution >= 4 is 26.5 Å². The molecule has 172 valence electrons. The predicted octanol–water partition coefficient (Wildman–Crippen LogP) is 7.49. The third-order valence-corrected chi connectivity index (χ3v) is 7.56. The number of fused-ring (bicyclic) bond motifs is 1. The van der Waals surface area contributed by atoms with Crippen LogP contribution in [0.4, 0.5) is 13.2 Å². The maximum absolute atomic E-state index is 13.0. The van der Waals surface area contributed by atoms with E-state index in [1.165, 1.54) is 34.7 Å². The van der Waals surface area contributed by atoms with Gasteiger partial charge in [-0.3, -0.25) is 0 Å². The minimum atomic E-state index is -4.80. The lowest BCUT2D eigenvalue weighted by molar-refractivity contribution is -0.274. The number of carbonyl (C=O) groups is 1. The van der Waals surface area contributed by atoms with E-state index in [0.29, 0.717) is 11.1 Å². The summed E-state index contributed by atoms with van der Waals surface area (Å²) in [5, 5.41) is 3.38. The number of aryl methyl sites for hydroxylation is 1. The topological polar surface area (TPSA) is 35.5 Å². The Bertz CT molecular complexity index is 1400. The summed E-state index contributed by atoms with van der Waals surface area (Å²) in [4.78, 5) is 14.0. The fourth-order valence-corrected chi connectivity index (χ4v) is 5.80. The molecule has 2 unspecified atom stereocenters. The molecule has 3 aromatic carbocycles. The summed E-state index contributed by atoms with van der Waals surface area (Å²) in [7, 11) is -0.311. The number of thiophene rings is 1. The molecule has 1 aromatic heterocycles. The lowest BCUT2D eigenvalue weighted by Crippen LogP contribution is -2.27. The molecule has 7 heteroatoms. The van der Waals surface area contributed by atoms with Gasteiger partial charge >= 0.3 is 12.3 Å². The van der Waals surface area contributed by atoms with E-state index >= 15 is 0 Å². The number of ether oxygens (including phenoxy) is 2. The van der Waals surface area contributed by atoms with Crippen molar-refractivity contribution in [2.24, 2.45) is 0 Å². The minimum absolute atomic E-state index is 0.311. The van der Waals surface area contributed by atoms with Crippen LogP contribution in [0.15, 0.2) is 78.2 Å². The number of hydrogen-bond acceptors (Lipinski definition) is 3. The minimum Gasteiger partial charge on any atom is -0.438 e. The molecular formula is C27H20F3O3S+. The van der Waals surface area contributed by atoms with Crippen molar-refractivity contribution in [1.29, 1.82) is 0 Å². The van der Waals surface area contributed by atoms with E-state index < -0.39 is 23.7 Å². The van der Waals surface area contributed by atoms with Crippen LogP contribution in [0.1, 0.15) is 28.4 Å². The Balaban J connectivity index is 1.60. The van der Waals surface area contributed by atoms with Gasteiger partial charge in [0.05, 0.1) is 5.56 Å². The Kier molecular flexibility index (Phi) is 6.11. The number of esters is 1. The smallest absolute Gasteiger partial charge is 0.438 e. The number of terminal acetylenes is 1. The van der Waals surface area contributed by atoms with Gasteiger partial charge in [-0.05, 0) is 50.2 Å². The summed E-state index contributed by atoms with van der Waals surface area (Å²) in [5.41, 5.74) is 0.380. The molecule has 3 nitrogen and oxygen atoms in total. The summed E-state index contributed by atoms with van der Waals surface area (Å²) >= 11 is 0. The van der Waals surface area contributed by atoms with E-state index in [9.17, 15) is 18.0 Å². The standard InChI is InChI=1S/C27H20F3O3S/c1-4-26(3,20-12-14-21(15-13-20)32-27(28,29)30)33-25(31)19-8-7-9-22(16-19)34-17-18(2)23-10-5-6-11-24(23)34/h1,5-17H,2-3H3/q+1. The quantitative estimate of drug-likeness (QED) is 0.168. The first kappa shape index (κ1) is 23.4. The summed E-state index contributed by atoms with van der Waals surface area (Å²) in [6.07, 6.45) is 0.855. The fourth-order valence-electron chi connectivity index (χ4n) is 3.63. The van der Waals surface area contributed by atoms with Crippen LogP contribution in [-0.2, 0) is 10.3 Å². The second-order valence-electron chi connectivity index (χ2n) is 7.80. The highest BCUT2D eigenvalue weighted by atomic mass is 32.2. The SMILES string of the molecule is C#CC(C)(OC(=O)c1cccc(-[s+]2cc(C)c3ccccc32)c1)c1ccc(OC(F)(F)F)cc1. The molecule has 0 aliphatic carbocycles. The molecule has 0 saturated carbocycles. The van der Waals surface area contributed by atoms with Crippen LogP contribution < -0.4 is 4.74 Å². The van der Waals surface area contributed by atoms with Gasteiger partial charge in [-0.2, -0.15) is 0 Å². The number of hydrogen-bond donors (Lipinski definition) is 0. The summed E-state index contributed by atoms with van der Waals surface area (Å²) in [6.45, 7) is 3.57. The lowest BCUT2D eigenvalue weighted by atomic mass is 9.96. The Labute approximate surface area is 197 Å². The first-order valence-electron chi connectivity index (χ1n) is 10.3. The van der Waals surface area contributed by atoms with E-state index in [1.807, 2.05) is 18.2 Å². The molecule has 2 atom stereocenters. The van der Waals surface area contributed by atoms with Crippen LogP contribution in [0.5, 0.6) is 5.75 Å². The molecule has 0 aliphatic heterocycles. The van der Waals surface area contributed by atoms with Crippen LogP contribution in [0.3, 0.4) is 0 Å². The zero-order valence-electron chi connectivity index (χ0n) is 18.3. The molecule has 4 aromatic rings. The van der Waals surface area contributed by atoms with Crippen molar-refractivity contribution in [3.63, 3.8) is 0 Å². The molecule has 0 spiro atoms. The second kappa shape index (κ2) is 8.88. The number of carbonyl (C=O) groups excluding carboxylic acids is 1. The number of benzene rings is 3. The van der Waals surface area contributed by atoms with Crippen LogP contribution >= 0.6 is 10.5 Å². The molecule has 4 rings (SSSR count). The Hall–Kier alpha value is -3.76. The normalized spacial score (nSPS) is 13.7. The fraction of sp³-hybridized carbons (Fsp3) is 0.148. The number of halogens is 3. The zero-order chi connectivity index (χ0) is 24.5. The molecule has 0 aliphatic rings. The van der Waals surface area contributed by atoms with Crippen LogP contribution in [0.2, 0.25) is 0 Å². The number of rotatable bonds is 5. The van der Waals surface area contributed by atoms with Crippen molar-refractivity contribution < 1.29 is 27.4 Å². The molecule has 1 heterocycles. The first-order chi connectivity index (χ1) is 16.1. The highest BCUT2D eigenvalue weighted by Gasteiger charge is 2.33.